The fourth-order valence-electron chi connectivity index (χ4n) is 2.59. The van der Waals surface area contributed by atoms with Crippen molar-refractivity contribution in [2.45, 2.75) is 27.3 Å². The van der Waals surface area contributed by atoms with Crippen LogP contribution in [0, 0.1) is 19.7 Å². The van der Waals surface area contributed by atoms with Crippen LogP contribution in [0.5, 0.6) is 5.75 Å². The minimum absolute atomic E-state index is 0.187. The highest BCUT2D eigenvalue weighted by molar-refractivity contribution is 5.89. The zero-order valence-corrected chi connectivity index (χ0v) is 16.0. The Kier molecular flexibility index (Phi) is 5.93. The maximum atomic E-state index is 13.6. The van der Waals surface area contributed by atoms with E-state index in [1.165, 1.54) is 6.07 Å². The van der Waals surface area contributed by atoms with Crippen LogP contribution >= 0.6 is 0 Å². The van der Waals surface area contributed by atoms with Crippen LogP contribution in [0.3, 0.4) is 0 Å². The van der Waals surface area contributed by atoms with E-state index >= 15 is 0 Å². The normalized spacial score (nSPS) is 10.6. The Labute approximate surface area is 162 Å². The van der Waals surface area contributed by atoms with Crippen LogP contribution in [0.1, 0.15) is 23.9 Å². The first-order chi connectivity index (χ1) is 13.5. The third-order valence-electron chi connectivity index (χ3n) is 4.15. The highest BCUT2D eigenvalue weighted by Gasteiger charge is 2.13. The molecule has 0 spiro atoms. The molecule has 3 aromatic rings. The molecule has 3 rings (SSSR count). The third-order valence-corrected chi connectivity index (χ3v) is 4.15. The highest BCUT2D eigenvalue weighted by atomic mass is 19.1. The summed E-state index contributed by atoms with van der Waals surface area (Å²) in [6.45, 7) is 6.16. The number of aromatic nitrogens is 1. The standard InChI is InChI=1S/C21H22FN3O3/c1-4-27-17-9-6-15(7-10-17)20-25-19(14(3)28-20)12-23-21(26)24-16-8-5-13(2)18(22)11-16/h5-11H,4,12H2,1-3H3,(H2,23,24,26). The third kappa shape index (κ3) is 4.68. The van der Waals surface area contributed by atoms with Crippen LogP contribution in [0.4, 0.5) is 14.9 Å². The molecule has 2 amide bonds. The summed E-state index contributed by atoms with van der Waals surface area (Å²) in [6, 6.07) is 11.5. The topological polar surface area (TPSA) is 76.4 Å². The Morgan fingerprint density at radius 1 is 1.18 bits per heavy atom. The monoisotopic (exact) mass is 383 g/mol. The molecular weight excluding hydrogens is 361 g/mol. The highest BCUT2D eigenvalue weighted by Crippen LogP contribution is 2.24. The fraction of sp³-hybridized carbons (Fsp3) is 0.238. The number of nitrogens with zero attached hydrogens (tertiary/aromatic N) is 1. The van der Waals surface area contributed by atoms with Gasteiger partial charge in [-0.2, -0.15) is 0 Å². The lowest BCUT2D eigenvalue weighted by Gasteiger charge is -2.07. The van der Waals surface area contributed by atoms with Crippen molar-refractivity contribution in [3.63, 3.8) is 0 Å². The zero-order valence-electron chi connectivity index (χ0n) is 16.0. The molecule has 0 aliphatic heterocycles. The van der Waals surface area contributed by atoms with Crippen molar-refractivity contribution < 1.29 is 18.3 Å². The van der Waals surface area contributed by atoms with E-state index in [-0.39, 0.29) is 12.4 Å². The van der Waals surface area contributed by atoms with E-state index in [1.807, 2.05) is 31.2 Å². The Morgan fingerprint density at radius 3 is 2.61 bits per heavy atom. The fourth-order valence-corrected chi connectivity index (χ4v) is 2.59. The first kappa shape index (κ1) is 19.4. The van der Waals surface area contributed by atoms with Crippen LogP contribution in [0.2, 0.25) is 0 Å². The van der Waals surface area contributed by atoms with E-state index in [0.717, 1.165) is 11.3 Å². The SMILES string of the molecule is CCOc1ccc(-c2nc(CNC(=O)Nc3ccc(C)c(F)c3)c(C)o2)cc1. The zero-order chi connectivity index (χ0) is 20.1. The molecule has 146 valence electrons. The number of carbonyl (C=O) groups excluding carboxylic acids is 1. The lowest BCUT2D eigenvalue weighted by Crippen LogP contribution is -2.28. The average molecular weight is 383 g/mol. The molecule has 2 N–H and O–H groups in total. The molecule has 0 aliphatic carbocycles. The molecule has 1 heterocycles. The minimum atomic E-state index is -0.451. The van der Waals surface area contributed by atoms with E-state index in [2.05, 4.69) is 15.6 Å². The number of aryl methyl sites for hydroxylation is 2. The lowest BCUT2D eigenvalue weighted by atomic mass is 10.2. The summed E-state index contributed by atoms with van der Waals surface area (Å²) in [5, 5.41) is 5.29. The summed E-state index contributed by atoms with van der Waals surface area (Å²) < 4.78 is 24.7. The van der Waals surface area contributed by atoms with Gasteiger partial charge in [0.15, 0.2) is 0 Å². The molecule has 0 saturated carbocycles. The molecule has 0 fully saturated rings. The van der Waals surface area contributed by atoms with Crippen molar-refractivity contribution in [1.29, 1.82) is 0 Å². The van der Waals surface area contributed by atoms with Crippen LogP contribution in [-0.4, -0.2) is 17.6 Å². The average Bonchev–Trinajstić information content (AvgIpc) is 3.05. The maximum absolute atomic E-state index is 13.6. The van der Waals surface area contributed by atoms with E-state index in [9.17, 15) is 9.18 Å². The molecule has 6 nitrogen and oxygen atoms in total. The van der Waals surface area contributed by atoms with Gasteiger partial charge in [0.05, 0.1) is 13.2 Å². The number of oxazole rings is 1. The van der Waals surface area contributed by atoms with Crippen molar-refractivity contribution in [3.8, 4) is 17.2 Å². The molecule has 1 aromatic heterocycles. The predicted molar refractivity (Wildman–Crippen MR) is 105 cm³/mol. The number of halogens is 1. The van der Waals surface area contributed by atoms with Crippen LogP contribution in [-0.2, 0) is 6.54 Å². The number of rotatable bonds is 6. The minimum Gasteiger partial charge on any atom is -0.494 e. The molecular formula is C21H22FN3O3. The van der Waals surface area contributed by atoms with Crippen molar-refractivity contribution >= 4 is 11.7 Å². The second-order valence-electron chi connectivity index (χ2n) is 6.25. The van der Waals surface area contributed by atoms with Gasteiger partial charge in [-0.05, 0) is 62.7 Å². The number of hydrogen-bond acceptors (Lipinski definition) is 4. The van der Waals surface area contributed by atoms with Crippen LogP contribution < -0.4 is 15.4 Å². The predicted octanol–water partition coefficient (Wildman–Crippen LogP) is 4.82. The van der Waals surface area contributed by atoms with E-state index in [4.69, 9.17) is 9.15 Å². The van der Waals surface area contributed by atoms with Gasteiger partial charge in [0.25, 0.3) is 0 Å². The summed E-state index contributed by atoms with van der Waals surface area (Å²) in [5.74, 6) is 1.50. The number of anilines is 1. The Balaban J connectivity index is 1.61. The number of amides is 2. The van der Waals surface area contributed by atoms with E-state index in [1.54, 1.807) is 26.0 Å². The van der Waals surface area contributed by atoms with Gasteiger partial charge < -0.3 is 19.8 Å². The molecule has 0 atom stereocenters. The smallest absolute Gasteiger partial charge is 0.319 e. The molecule has 28 heavy (non-hydrogen) atoms. The summed E-state index contributed by atoms with van der Waals surface area (Å²) >= 11 is 0. The van der Waals surface area contributed by atoms with E-state index < -0.39 is 6.03 Å². The molecule has 0 unspecified atom stereocenters. The lowest BCUT2D eigenvalue weighted by molar-refractivity contribution is 0.251. The van der Waals surface area contributed by atoms with Gasteiger partial charge in [0.2, 0.25) is 5.89 Å². The van der Waals surface area contributed by atoms with Crippen molar-refractivity contribution in [3.05, 3.63) is 65.3 Å². The number of hydrogen-bond donors (Lipinski definition) is 2. The maximum Gasteiger partial charge on any atom is 0.319 e. The number of ether oxygens (including phenoxy) is 1. The molecule has 2 aromatic carbocycles. The summed E-state index contributed by atoms with van der Waals surface area (Å²) in [7, 11) is 0. The molecule has 0 saturated heterocycles. The summed E-state index contributed by atoms with van der Waals surface area (Å²) in [5.41, 5.74) is 2.34. The largest absolute Gasteiger partial charge is 0.494 e. The van der Waals surface area contributed by atoms with Crippen molar-refractivity contribution in [1.82, 2.24) is 10.3 Å². The van der Waals surface area contributed by atoms with Gasteiger partial charge in [-0.1, -0.05) is 6.07 Å². The van der Waals surface area contributed by atoms with Crippen LogP contribution in [0.15, 0.2) is 46.9 Å². The number of urea groups is 1. The Bertz CT molecular complexity index is 968. The first-order valence-corrected chi connectivity index (χ1v) is 8.96. The van der Waals surface area contributed by atoms with Gasteiger partial charge >= 0.3 is 6.03 Å². The van der Waals surface area contributed by atoms with Crippen molar-refractivity contribution in [2.24, 2.45) is 0 Å². The molecule has 0 aliphatic rings. The van der Waals surface area contributed by atoms with Gasteiger partial charge in [0.1, 0.15) is 23.0 Å². The number of benzene rings is 2. The molecule has 0 bridgehead atoms. The molecule has 7 heteroatoms. The number of carbonyl (C=O) groups is 1. The van der Waals surface area contributed by atoms with Crippen LogP contribution in [0.25, 0.3) is 11.5 Å². The van der Waals surface area contributed by atoms with Gasteiger partial charge in [-0.3, -0.25) is 0 Å². The Hall–Kier alpha value is -3.35. The van der Waals surface area contributed by atoms with Gasteiger partial charge in [-0.15, -0.1) is 0 Å². The quantitative estimate of drug-likeness (QED) is 0.640. The summed E-state index contributed by atoms with van der Waals surface area (Å²) in [4.78, 5) is 16.5. The Morgan fingerprint density at radius 2 is 1.93 bits per heavy atom. The molecule has 0 radical (unpaired) electrons. The van der Waals surface area contributed by atoms with Gasteiger partial charge in [-0.25, -0.2) is 14.2 Å². The van der Waals surface area contributed by atoms with Crippen molar-refractivity contribution in [2.75, 3.05) is 11.9 Å². The second-order valence-corrected chi connectivity index (χ2v) is 6.25. The first-order valence-electron chi connectivity index (χ1n) is 8.96. The van der Waals surface area contributed by atoms with E-state index in [0.29, 0.717) is 35.2 Å². The van der Waals surface area contributed by atoms with Gasteiger partial charge in [0, 0.05) is 11.3 Å². The number of nitrogens with one attached hydrogen (secondary N) is 2. The second kappa shape index (κ2) is 8.56. The summed E-state index contributed by atoms with van der Waals surface area (Å²) in [6.07, 6.45) is 0.